The van der Waals surface area contributed by atoms with Gasteiger partial charge in [-0.15, -0.1) is 0 Å². The summed E-state index contributed by atoms with van der Waals surface area (Å²) in [5, 5.41) is 14.3. The van der Waals surface area contributed by atoms with E-state index >= 15 is 0 Å². The number of benzene rings is 2. The highest BCUT2D eigenvalue weighted by Crippen LogP contribution is 2.35. The Morgan fingerprint density at radius 3 is 2.78 bits per heavy atom. The van der Waals surface area contributed by atoms with Crippen LogP contribution in [0.4, 0.5) is 0 Å². The molecule has 1 unspecified atom stereocenters. The Morgan fingerprint density at radius 1 is 1.26 bits per heavy atom. The van der Waals surface area contributed by atoms with Crippen molar-refractivity contribution in [3.63, 3.8) is 0 Å². The second kappa shape index (κ2) is 7.04. The Hall–Kier alpha value is -1.69. The molecular weight excluding hydrogens is 404 g/mol. The number of β-amino-alcohol motifs (C(OH)–C–C–N with tert-alkyl or cyclic N) is 1. The molecule has 0 saturated heterocycles. The number of carbonyl (C=O) groups excluding carboxylic acids is 1. The summed E-state index contributed by atoms with van der Waals surface area (Å²) in [5.74, 6) is 0.00656. The van der Waals surface area contributed by atoms with Crippen LogP contribution >= 0.6 is 15.9 Å². The fraction of sp³-hybridized carbons (Fsp3) is 0.409. The molecule has 0 aliphatic carbocycles. The lowest BCUT2D eigenvalue weighted by atomic mass is 9.78. The average molecular weight is 429 g/mol. The van der Waals surface area contributed by atoms with E-state index in [2.05, 4.69) is 47.2 Å². The summed E-state index contributed by atoms with van der Waals surface area (Å²) in [4.78, 5) is 14.8. The molecule has 4 nitrogen and oxygen atoms in total. The molecule has 2 atom stereocenters. The van der Waals surface area contributed by atoms with Gasteiger partial charge in [0.25, 0.3) is 5.91 Å². The van der Waals surface area contributed by atoms with E-state index in [4.69, 9.17) is 0 Å². The highest BCUT2D eigenvalue weighted by Gasteiger charge is 2.38. The fourth-order valence-corrected chi connectivity index (χ4v) is 4.68. The summed E-state index contributed by atoms with van der Waals surface area (Å²) >= 11 is 3.51. The zero-order valence-electron chi connectivity index (χ0n) is 15.7. The van der Waals surface area contributed by atoms with E-state index in [-0.39, 0.29) is 17.4 Å². The van der Waals surface area contributed by atoms with Crippen LogP contribution in [-0.4, -0.2) is 41.1 Å². The monoisotopic (exact) mass is 428 g/mol. The van der Waals surface area contributed by atoms with Crippen molar-refractivity contribution in [3.05, 3.63) is 69.2 Å². The smallest absolute Gasteiger partial charge is 0.254 e. The average Bonchev–Trinajstić information content (AvgIpc) is 2.65. The molecule has 2 aromatic carbocycles. The van der Waals surface area contributed by atoms with E-state index in [1.807, 2.05) is 35.2 Å². The Morgan fingerprint density at radius 2 is 2.00 bits per heavy atom. The molecule has 0 spiro atoms. The minimum atomic E-state index is -0.602. The van der Waals surface area contributed by atoms with Gasteiger partial charge in [-0.3, -0.25) is 4.79 Å². The van der Waals surface area contributed by atoms with Crippen molar-refractivity contribution >= 4 is 21.8 Å². The number of amides is 1. The minimum Gasteiger partial charge on any atom is -0.390 e. The molecule has 5 heteroatoms. The predicted molar refractivity (Wildman–Crippen MR) is 110 cm³/mol. The molecule has 2 aliphatic rings. The first kappa shape index (κ1) is 18.7. The van der Waals surface area contributed by atoms with Gasteiger partial charge in [0.2, 0.25) is 0 Å². The van der Waals surface area contributed by atoms with Gasteiger partial charge in [0.15, 0.2) is 0 Å². The summed E-state index contributed by atoms with van der Waals surface area (Å²) in [6.07, 6.45) is 0.182. The SMILES string of the molecule is CC1(C)CN(CC(O)[C@@H]2Cc3ccccc3CN2)C(=O)c2ccc(Br)cc21. The van der Waals surface area contributed by atoms with Crippen LogP contribution in [0.3, 0.4) is 0 Å². The van der Waals surface area contributed by atoms with Crippen LogP contribution in [-0.2, 0) is 18.4 Å². The zero-order valence-corrected chi connectivity index (χ0v) is 17.3. The number of fused-ring (bicyclic) bond motifs is 2. The summed E-state index contributed by atoms with van der Waals surface area (Å²) in [6.45, 7) is 6.01. The van der Waals surface area contributed by atoms with Crippen molar-refractivity contribution in [3.8, 4) is 0 Å². The van der Waals surface area contributed by atoms with Gasteiger partial charge in [-0.05, 0) is 41.3 Å². The summed E-state index contributed by atoms with van der Waals surface area (Å²) in [6, 6.07) is 14.1. The van der Waals surface area contributed by atoms with Crippen LogP contribution in [0.2, 0.25) is 0 Å². The molecule has 0 fully saturated rings. The standard InChI is InChI=1S/C22H25BrN2O2/c1-22(2)13-25(21(27)17-8-7-16(23)10-18(17)22)12-20(26)19-9-14-5-3-4-6-15(14)11-24-19/h3-8,10,19-20,24,26H,9,11-13H2,1-2H3/t19-,20?/m0/s1. The number of aliphatic hydroxyl groups excluding tert-OH is 1. The molecule has 0 aromatic heterocycles. The first-order valence-electron chi connectivity index (χ1n) is 9.43. The van der Waals surface area contributed by atoms with Crippen molar-refractivity contribution in [2.45, 2.75) is 44.4 Å². The topological polar surface area (TPSA) is 52.6 Å². The third kappa shape index (κ3) is 3.56. The highest BCUT2D eigenvalue weighted by atomic mass is 79.9. The van der Waals surface area contributed by atoms with Gasteiger partial charge in [-0.2, -0.15) is 0 Å². The van der Waals surface area contributed by atoms with E-state index in [9.17, 15) is 9.90 Å². The molecule has 2 aliphatic heterocycles. The van der Waals surface area contributed by atoms with Gasteiger partial charge in [-0.25, -0.2) is 0 Å². The van der Waals surface area contributed by atoms with Crippen molar-refractivity contribution in [2.75, 3.05) is 13.1 Å². The maximum absolute atomic E-state index is 13.0. The Kier molecular flexibility index (Phi) is 4.87. The van der Waals surface area contributed by atoms with Crippen molar-refractivity contribution in [1.82, 2.24) is 10.2 Å². The number of carbonyl (C=O) groups is 1. The minimum absolute atomic E-state index is 0.00656. The number of hydrogen-bond donors (Lipinski definition) is 2. The molecule has 0 bridgehead atoms. The molecule has 2 aromatic rings. The first-order chi connectivity index (χ1) is 12.8. The highest BCUT2D eigenvalue weighted by molar-refractivity contribution is 9.10. The summed E-state index contributed by atoms with van der Waals surface area (Å²) in [7, 11) is 0. The number of halogens is 1. The predicted octanol–water partition coefficient (Wildman–Crippen LogP) is 3.26. The van der Waals surface area contributed by atoms with Gasteiger partial charge in [-0.1, -0.05) is 54.0 Å². The quantitative estimate of drug-likeness (QED) is 0.788. The molecule has 27 heavy (non-hydrogen) atoms. The Bertz CT molecular complexity index is 880. The lowest BCUT2D eigenvalue weighted by molar-refractivity contribution is 0.0445. The van der Waals surface area contributed by atoms with Crippen LogP contribution in [0.1, 0.15) is 40.9 Å². The molecule has 142 valence electrons. The van der Waals surface area contributed by atoms with E-state index in [1.54, 1.807) is 0 Å². The number of hydrogen-bond acceptors (Lipinski definition) is 3. The molecule has 2 heterocycles. The molecule has 2 N–H and O–H groups in total. The van der Waals surface area contributed by atoms with Gasteiger partial charge in [0, 0.05) is 41.1 Å². The molecule has 1 amide bonds. The number of aliphatic hydroxyl groups is 1. The second-order valence-electron chi connectivity index (χ2n) is 8.29. The van der Waals surface area contributed by atoms with Crippen LogP contribution in [0.25, 0.3) is 0 Å². The van der Waals surface area contributed by atoms with Gasteiger partial charge in [0.1, 0.15) is 0 Å². The van der Waals surface area contributed by atoms with E-state index < -0.39 is 6.10 Å². The maximum Gasteiger partial charge on any atom is 0.254 e. The van der Waals surface area contributed by atoms with Gasteiger partial charge in [0.05, 0.1) is 6.10 Å². The third-order valence-electron chi connectivity index (χ3n) is 5.80. The van der Waals surface area contributed by atoms with Crippen LogP contribution in [0, 0.1) is 0 Å². The maximum atomic E-state index is 13.0. The van der Waals surface area contributed by atoms with Gasteiger partial charge < -0.3 is 15.3 Å². The van der Waals surface area contributed by atoms with Crippen molar-refractivity contribution in [1.29, 1.82) is 0 Å². The van der Waals surface area contributed by atoms with Crippen molar-refractivity contribution < 1.29 is 9.90 Å². The Balaban J connectivity index is 1.51. The molecule has 0 radical (unpaired) electrons. The number of rotatable bonds is 3. The van der Waals surface area contributed by atoms with Gasteiger partial charge >= 0.3 is 0 Å². The van der Waals surface area contributed by atoms with Crippen molar-refractivity contribution in [2.24, 2.45) is 0 Å². The van der Waals surface area contributed by atoms with Crippen LogP contribution < -0.4 is 5.32 Å². The van der Waals surface area contributed by atoms with Crippen LogP contribution in [0.5, 0.6) is 0 Å². The second-order valence-corrected chi connectivity index (χ2v) is 9.20. The van der Waals surface area contributed by atoms with E-state index in [1.165, 1.54) is 11.1 Å². The van der Waals surface area contributed by atoms with E-state index in [0.29, 0.717) is 13.1 Å². The largest absolute Gasteiger partial charge is 0.390 e. The fourth-order valence-electron chi connectivity index (χ4n) is 4.32. The molecule has 0 saturated carbocycles. The Labute approximate surface area is 168 Å². The molecule has 4 rings (SSSR count). The normalized spacial score (nSPS) is 22.1. The molecular formula is C22H25BrN2O2. The summed E-state index contributed by atoms with van der Waals surface area (Å²) < 4.78 is 0.987. The first-order valence-corrected chi connectivity index (χ1v) is 10.2. The lowest BCUT2D eigenvalue weighted by Crippen LogP contribution is -2.54. The third-order valence-corrected chi connectivity index (χ3v) is 6.29. The number of nitrogens with zero attached hydrogens (tertiary/aromatic N) is 1. The summed E-state index contributed by atoms with van der Waals surface area (Å²) in [5.41, 5.74) is 4.22. The number of nitrogens with one attached hydrogen (secondary N) is 1. The van der Waals surface area contributed by atoms with E-state index in [0.717, 1.165) is 28.6 Å². The van der Waals surface area contributed by atoms with Crippen LogP contribution in [0.15, 0.2) is 46.9 Å². The lowest BCUT2D eigenvalue weighted by Gasteiger charge is -2.41. The zero-order chi connectivity index (χ0) is 19.2.